The summed E-state index contributed by atoms with van der Waals surface area (Å²) in [6.07, 6.45) is 2.22. The molecule has 1 saturated heterocycles. The number of hydrogen-bond donors (Lipinski definition) is 0. The molecule has 1 aromatic carbocycles. The third-order valence-electron chi connectivity index (χ3n) is 5.56. The molecule has 3 heterocycles. The highest BCUT2D eigenvalue weighted by Gasteiger charge is 2.27. The fraction of sp³-hybridized carbons (Fsp3) is 0.455. The predicted molar refractivity (Wildman–Crippen MR) is 104 cm³/mol. The molecule has 2 aliphatic rings. The first kappa shape index (κ1) is 17.1. The van der Waals surface area contributed by atoms with Crippen molar-refractivity contribution in [3.05, 3.63) is 59.3 Å². The lowest BCUT2D eigenvalue weighted by Gasteiger charge is -2.35. The number of carbonyl (C=O) groups is 1. The molecule has 0 saturated carbocycles. The predicted octanol–water partition coefficient (Wildman–Crippen LogP) is 3.76. The van der Waals surface area contributed by atoms with Gasteiger partial charge < -0.3 is 9.80 Å². The van der Waals surface area contributed by atoms with Gasteiger partial charge in [0.05, 0.1) is 0 Å². The van der Waals surface area contributed by atoms with Gasteiger partial charge in [-0.25, -0.2) is 4.98 Å². The third kappa shape index (κ3) is 3.46. The summed E-state index contributed by atoms with van der Waals surface area (Å²) in [6, 6.07) is 14.4. The molecular formula is C22H27N3O. The number of anilines is 1. The van der Waals surface area contributed by atoms with Crippen molar-refractivity contribution in [1.29, 1.82) is 0 Å². The smallest absolute Gasteiger partial charge is 0.272 e. The van der Waals surface area contributed by atoms with E-state index < -0.39 is 0 Å². The van der Waals surface area contributed by atoms with Gasteiger partial charge in [0, 0.05) is 26.2 Å². The van der Waals surface area contributed by atoms with Gasteiger partial charge in [-0.1, -0.05) is 44.2 Å². The standard InChI is InChI=1S/C22H27N3O/c1-16-12-17(2)14-25(13-16)22(26)20-8-5-9-21(23-20)24-11-10-18-6-3-4-7-19(18)15-24/h3-9,16-17H,10-15H2,1-2H3. The van der Waals surface area contributed by atoms with Gasteiger partial charge in [-0.05, 0) is 47.9 Å². The first-order valence-electron chi connectivity index (χ1n) is 9.68. The maximum absolute atomic E-state index is 13.0. The molecule has 1 amide bonds. The van der Waals surface area contributed by atoms with E-state index in [1.807, 2.05) is 23.1 Å². The fourth-order valence-corrected chi connectivity index (χ4v) is 4.40. The molecule has 136 valence electrons. The number of carbonyl (C=O) groups excluding carboxylic acids is 1. The van der Waals surface area contributed by atoms with Crippen molar-refractivity contribution in [3.8, 4) is 0 Å². The Morgan fingerprint density at radius 3 is 2.50 bits per heavy atom. The Morgan fingerprint density at radius 1 is 1.00 bits per heavy atom. The van der Waals surface area contributed by atoms with Crippen LogP contribution in [-0.2, 0) is 13.0 Å². The first-order valence-corrected chi connectivity index (χ1v) is 9.68. The van der Waals surface area contributed by atoms with Crippen LogP contribution in [-0.4, -0.2) is 35.4 Å². The van der Waals surface area contributed by atoms with Crippen LogP contribution in [0.2, 0.25) is 0 Å². The molecule has 2 aliphatic heterocycles. The molecule has 4 nitrogen and oxygen atoms in total. The zero-order chi connectivity index (χ0) is 18.1. The first-order chi connectivity index (χ1) is 12.6. The molecule has 1 fully saturated rings. The zero-order valence-electron chi connectivity index (χ0n) is 15.7. The number of likely N-dealkylation sites (tertiary alicyclic amines) is 1. The van der Waals surface area contributed by atoms with Crippen LogP contribution in [0.15, 0.2) is 42.5 Å². The molecule has 1 aromatic heterocycles. The second-order valence-electron chi connectivity index (χ2n) is 7.98. The lowest BCUT2D eigenvalue weighted by molar-refractivity contribution is 0.0617. The van der Waals surface area contributed by atoms with E-state index in [0.29, 0.717) is 17.5 Å². The minimum Gasteiger partial charge on any atom is -0.352 e. The number of nitrogens with zero attached hydrogens (tertiary/aromatic N) is 3. The van der Waals surface area contributed by atoms with E-state index in [1.165, 1.54) is 17.5 Å². The van der Waals surface area contributed by atoms with Crippen LogP contribution in [0.3, 0.4) is 0 Å². The Morgan fingerprint density at radius 2 is 1.73 bits per heavy atom. The monoisotopic (exact) mass is 349 g/mol. The van der Waals surface area contributed by atoms with Gasteiger partial charge in [0.15, 0.2) is 0 Å². The second-order valence-corrected chi connectivity index (χ2v) is 7.98. The molecule has 2 aromatic rings. The van der Waals surface area contributed by atoms with E-state index >= 15 is 0 Å². The van der Waals surface area contributed by atoms with Crippen LogP contribution in [0, 0.1) is 11.8 Å². The lowest BCUT2D eigenvalue weighted by Crippen LogP contribution is -2.43. The Bertz CT molecular complexity index is 793. The minimum atomic E-state index is 0.0719. The molecule has 4 rings (SSSR count). The zero-order valence-corrected chi connectivity index (χ0v) is 15.7. The second kappa shape index (κ2) is 7.10. The van der Waals surface area contributed by atoms with Crippen molar-refractivity contribution in [3.63, 3.8) is 0 Å². The summed E-state index contributed by atoms with van der Waals surface area (Å²) in [5.74, 6) is 2.10. The van der Waals surface area contributed by atoms with E-state index in [4.69, 9.17) is 4.98 Å². The maximum atomic E-state index is 13.0. The molecule has 0 bridgehead atoms. The van der Waals surface area contributed by atoms with E-state index in [0.717, 1.165) is 38.4 Å². The van der Waals surface area contributed by atoms with Gasteiger partial charge in [-0.2, -0.15) is 0 Å². The van der Waals surface area contributed by atoms with Crippen molar-refractivity contribution < 1.29 is 4.79 Å². The summed E-state index contributed by atoms with van der Waals surface area (Å²) in [4.78, 5) is 22.0. The lowest BCUT2D eigenvalue weighted by atomic mass is 9.92. The minimum absolute atomic E-state index is 0.0719. The molecule has 4 heteroatoms. The van der Waals surface area contributed by atoms with Crippen molar-refractivity contribution in [2.45, 2.75) is 33.2 Å². The largest absolute Gasteiger partial charge is 0.352 e. The summed E-state index contributed by atoms with van der Waals surface area (Å²) in [5, 5.41) is 0. The van der Waals surface area contributed by atoms with Crippen molar-refractivity contribution in [1.82, 2.24) is 9.88 Å². The normalized spacial score (nSPS) is 22.8. The average Bonchev–Trinajstić information content (AvgIpc) is 2.66. The van der Waals surface area contributed by atoms with Crippen molar-refractivity contribution >= 4 is 11.7 Å². The Balaban J connectivity index is 1.53. The van der Waals surface area contributed by atoms with Crippen LogP contribution >= 0.6 is 0 Å². The Kier molecular flexibility index (Phi) is 4.66. The summed E-state index contributed by atoms with van der Waals surface area (Å²) in [5.41, 5.74) is 3.35. The molecule has 26 heavy (non-hydrogen) atoms. The summed E-state index contributed by atoms with van der Waals surface area (Å²) in [7, 11) is 0. The SMILES string of the molecule is CC1CC(C)CN(C(=O)c2cccc(N3CCc4ccccc4C3)n2)C1. The number of aromatic nitrogens is 1. The quantitative estimate of drug-likeness (QED) is 0.828. The highest BCUT2D eigenvalue weighted by molar-refractivity contribution is 5.92. The van der Waals surface area contributed by atoms with Crippen LogP contribution in [0.5, 0.6) is 0 Å². The van der Waals surface area contributed by atoms with Gasteiger partial charge in [0.25, 0.3) is 5.91 Å². The van der Waals surface area contributed by atoms with E-state index in [1.54, 1.807) is 0 Å². The number of rotatable bonds is 2. The fourth-order valence-electron chi connectivity index (χ4n) is 4.40. The Labute approximate surface area is 155 Å². The number of hydrogen-bond acceptors (Lipinski definition) is 3. The molecule has 2 unspecified atom stereocenters. The van der Waals surface area contributed by atoms with Gasteiger partial charge in [0.1, 0.15) is 11.5 Å². The highest BCUT2D eigenvalue weighted by Crippen LogP contribution is 2.25. The molecule has 0 spiro atoms. The number of piperidine rings is 1. The topological polar surface area (TPSA) is 36.4 Å². The van der Waals surface area contributed by atoms with E-state index in [2.05, 4.69) is 43.0 Å². The average molecular weight is 349 g/mol. The third-order valence-corrected chi connectivity index (χ3v) is 5.56. The van der Waals surface area contributed by atoms with Gasteiger partial charge in [-0.15, -0.1) is 0 Å². The Hall–Kier alpha value is -2.36. The number of amides is 1. The van der Waals surface area contributed by atoms with Crippen molar-refractivity contribution in [2.24, 2.45) is 11.8 Å². The summed E-state index contributed by atoms with van der Waals surface area (Å²) in [6.45, 7) is 7.94. The van der Waals surface area contributed by atoms with Crippen molar-refractivity contribution in [2.75, 3.05) is 24.5 Å². The molecule has 0 N–H and O–H groups in total. The van der Waals surface area contributed by atoms with Crippen LogP contribution < -0.4 is 4.90 Å². The van der Waals surface area contributed by atoms with Crippen LogP contribution in [0.1, 0.15) is 41.9 Å². The van der Waals surface area contributed by atoms with E-state index in [-0.39, 0.29) is 5.91 Å². The summed E-state index contributed by atoms with van der Waals surface area (Å²) < 4.78 is 0. The van der Waals surface area contributed by atoms with Crippen LogP contribution in [0.4, 0.5) is 5.82 Å². The van der Waals surface area contributed by atoms with Gasteiger partial charge >= 0.3 is 0 Å². The highest BCUT2D eigenvalue weighted by atomic mass is 16.2. The molecule has 2 atom stereocenters. The van der Waals surface area contributed by atoms with Gasteiger partial charge in [-0.3, -0.25) is 4.79 Å². The van der Waals surface area contributed by atoms with Gasteiger partial charge in [0.2, 0.25) is 0 Å². The number of benzene rings is 1. The number of pyridine rings is 1. The molecule has 0 radical (unpaired) electrons. The maximum Gasteiger partial charge on any atom is 0.272 e. The number of fused-ring (bicyclic) bond motifs is 1. The molecule has 0 aliphatic carbocycles. The molecular weight excluding hydrogens is 322 g/mol. The van der Waals surface area contributed by atoms with Crippen LogP contribution in [0.25, 0.3) is 0 Å². The summed E-state index contributed by atoms with van der Waals surface area (Å²) >= 11 is 0. The van der Waals surface area contributed by atoms with E-state index in [9.17, 15) is 4.79 Å².